The highest BCUT2D eigenvalue weighted by atomic mass is 15.2. The highest BCUT2D eigenvalue weighted by molar-refractivity contribution is 5.21. The van der Waals surface area contributed by atoms with Crippen LogP contribution >= 0.6 is 0 Å². The van der Waals surface area contributed by atoms with Crippen molar-refractivity contribution in [1.29, 1.82) is 0 Å². The molecule has 3 nitrogen and oxygen atoms in total. The van der Waals surface area contributed by atoms with Gasteiger partial charge in [0.2, 0.25) is 0 Å². The molecule has 0 aliphatic carbocycles. The third kappa shape index (κ3) is 3.15. The molecule has 2 aliphatic heterocycles. The summed E-state index contributed by atoms with van der Waals surface area (Å²) in [5.74, 6) is 0.822. The fourth-order valence-electron chi connectivity index (χ4n) is 4.43. The van der Waals surface area contributed by atoms with Crippen molar-refractivity contribution in [3.8, 4) is 0 Å². The lowest BCUT2D eigenvalue weighted by Crippen LogP contribution is -2.54. The molecule has 2 N–H and O–H groups in total. The van der Waals surface area contributed by atoms with Gasteiger partial charge in [-0.25, -0.2) is 0 Å². The summed E-state index contributed by atoms with van der Waals surface area (Å²) in [7, 11) is 2.30. The van der Waals surface area contributed by atoms with Crippen molar-refractivity contribution >= 4 is 0 Å². The van der Waals surface area contributed by atoms with Gasteiger partial charge in [0.05, 0.1) is 0 Å². The Morgan fingerprint density at radius 3 is 2.62 bits per heavy atom. The van der Waals surface area contributed by atoms with Crippen LogP contribution in [0.4, 0.5) is 0 Å². The average Bonchev–Trinajstić information content (AvgIpc) is 2.48. The summed E-state index contributed by atoms with van der Waals surface area (Å²) in [5.41, 5.74) is 7.71. The van der Waals surface area contributed by atoms with E-state index in [2.05, 4.69) is 54.1 Å². The second-order valence-electron chi connectivity index (χ2n) is 6.95. The second-order valence-corrected chi connectivity index (χ2v) is 6.95. The van der Waals surface area contributed by atoms with Crippen LogP contribution in [-0.4, -0.2) is 48.6 Å². The summed E-state index contributed by atoms with van der Waals surface area (Å²) in [4.78, 5) is 5.22. The van der Waals surface area contributed by atoms with Crippen molar-refractivity contribution in [2.75, 3.05) is 26.7 Å². The van der Waals surface area contributed by atoms with Gasteiger partial charge in [0.15, 0.2) is 0 Å². The first-order chi connectivity index (χ1) is 10.2. The van der Waals surface area contributed by atoms with E-state index in [0.29, 0.717) is 6.04 Å². The van der Waals surface area contributed by atoms with Gasteiger partial charge in [-0.1, -0.05) is 30.3 Å². The Morgan fingerprint density at radius 1 is 1.14 bits per heavy atom. The van der Waals surface area contributed by atoms with Crippen molar-refractivity contribution in [2.45, 2.75) is 44.3 Å². The maximum atomic E-state index is 6.34. The fourth-order valence-corrected chi connectivity index (χ4v) is 4.43. The molecule has 0 saturated carbocycles. The van der Waals surface area contributed by atoms with E-state index in [9.17, 15) is 0 Å². The zero-order valence-corrected chi connectivity index (χ0v) is 13.4. The summed E-state index contributed by atoms with van der Waals surface area (Å²) in [6.07, 6.45) is 4.02. The number of rotatable bonds is 3. The van der Waals surface area contributed by atoms with E-state index in [1.165, 1.54) is 44.5 Å². The molecule has 3 heteroatoms. The van der Waals surface area contributed by atoms with Gasteiger partial charge < -0.3 is 10.6 Å². The molecule has 0 aromatic heterocycles. The van der Waals surface area contributed by atoms with E-state index in [1.807, 2.05) is 0 Å². The maximum Gasteiger partial charge on any atom is 0.0496 e. The van der Waals surface area contributed by atoms with Crippen LogP contribution in [0, 0.1) is 5.92 Å². The number of fused-ring (bicyclic) bond motifs is 1. The third-order valence-corrected chi connectivity index (χ3v) is 5.41. The molecule has 0 amide bonds. The summed E-state index contributed by atoms with van der Waals surface area (Å²) in [5, 5.41) is 0. The summed E-state index contributed by atoms with van der Waals surface area (Å²) < 4.78 is 0. The zero-order chi connectivity index (χ0) is 14.8. The van der Waals surface area contributed by atoms with Gasteiger partial charge >= 0.3 is 0 Å². The zero-order valence-electron chi connectivity index (χ0n) is 13.4. The normalized spacial score (nSPS) is 30.6. The van der Waals surface area contributed by atoms with Gasteiger partial charge in [0.25, 0.3) is 0 Å². The van der Waals surface area contributed by atoms with Crippen LogP contribution in [0.2, 0.25) is 0 Å². The predicted octanol–water partition coefficient (Wildman–Crippen LogP) is 2.49. The number of hydrogen-bond acceptors (Lipinski definition) is 3. The molecule has 0 bridgehead atoms. The Hall–Kier alpha value is -0.900. The van der Waals surface area contributed by atoms with Crippen LogP contribution in [-0.2, 0) is 0 Å². The van der Waals surface area contributed by atoms with E-state index in [-0.39, 0.29) is 6.04 Å². The highest BCUT2D eigenvalue weighted by Gasteiger charge is 2.37. The highest BCUT2D eigenvalue weighted by Crippen LogP contribution is 2.34. The number of nitrogens with two attached hydrogens (primary N) is 1. The van der Waals surface area contributed by atoms with Gasteiger partial charge in [0.1, 0.15) is 0 Å². The van der Waals surface area contributed by atoms with Crippen molar-refractivity contribution < 1.29 is 0 Å². The molecule has 2 fully saturated rings. The van der Waals surface area contributed by atoms with Crippen LogP contribution in [0.3, 0.4) is 0 Å². The van der Waals surface area contributed by atoms with E-state index < -0.39 is 0 Å². The first-order valence-corrected chi connectivity index (χ1v) is 8.41. The molecule has 2 heterocycles. The van der Waals surface area contributed by atoms with Crippen LogP contribution in [0.5, 0.6) is 0 Å². The molecule has 4 unspecified atom stereocenters. The van der Waals surface area contributed by atoms with Crippen molar-refractivity contribution in [3.63, 3.8) is 0 Å². The van der Waals surface area contributed by atoms with Gasteiger partial charge in [-0.2, -0.15) is 0 Å². The van der Waals surface area contributed by atoms with Gasteiger partial charge in [-0.15, -0.1) is 0 Å². The number of likely N-dealkylation sites (tertiary alicyclic amines) is 2. The SMILES string of the molecule is CC(N)C(c1ccccc1)N1CCC2C(CCCN2C)C1. The Kier molecular flexibility index (Phi) is 4.63. The quantitative estimate of drug-likeness (QED) is 0.927. The molecule has 116 valence electrons. The predicted molar refractivity (Wildman–Crippen MR) is 88.2 cm³/mol. The Labute approximate surface area is 129 Å². The molecular formula is C18H29N3. The summed E-state index contributed by atoms with van der Waals surface area (Å²) >= 11 is 0. The minimum atomic E-state index is 0.172. The lowest BCUT2D eigenvalue weighted by Gasteiger charge is -2.48. The topological polar surface area (TPSA) is 32.5 Å². The standard InChI is InChI=1S/C18H29N3/c1-14(19)18(15-7-4-3-5-8-15)21-12-10-17-16(13-21)9-6-11-20(17)2/h3-5,7-8,14,16-18H,6,9-13,19H2,1-2H3. The molecule has 4 atom stereocenters. The Morgan fingerprint density at radius 2 is 1.90 bits per heavy atom. The number of benzene rings is 1. The lowest BCUT2D eigenvalue weighted by molar-refractivity contribution is 0.0154. The second kappa shape index (κ2) is 6.47. The van der Waals surface area contributed by atoms with Gasteiger partial charge in [-0.3, -0.25) is 4.90 Å². The summed E-state index contributed by atoms with van der Waals surface area (Å²) in [6.45, 7) is 5.80. The monoisotopic (exact) mass is 287 g/mol. The van der Waals surface area contributed by atoms with E-state index >= 15 is 0 Å². The van der Waals surface area contributed by atoms with Crippen molar-refractivity contribution in [1.82, 2.24) is 9.80 Å². The molecule has 2 saturated heterocycles. The van der Waals surface area contributed by atoms with Gasteiger partial charge in [-0.05, 0) is 51.3 Å². The maximum absolute atomic E-state index is 6.34. The Bertz CT molecular complexity index is 445. The molecule has 0 spiro atoms. The fraction of sp³-hybridized carbons (Fsp3) is 0.667. The lowest BCUT2D eigenvalue weighted by atomic mass is 9.82. The first kappa shape index (κ1) is 15.0. The molecule has 1 aromatic rings. The molecule has 21 heavy (non-hydrogen) atoms. The minimum absolute atomic E-state index is 0.172. The van der Waals surface area contributed by atoms with Crippen molar-refractivity contribution in [3.05, 3.63) is 35.9 Å². The molecule has 1 aromatic carbocycles. The number of piperidine rings is 2. The number of nitrogens with zero attached hydrogens (tertiary/aromatic N) is 2. The molecule has 3 rings (SSSR count). The largest absolute Gasteiger partial charge is 0.326 e. The summed E-state index contributed by atoms with van der Waals surface area (Å²) in [6, 6.07) is 12.1. The molecule has 2 aliphatic rings. The van der Waals surface area contributed by atoms with Gasteiger partial charge in [0, 0.05) is 31.2 Å². The van der Waals surface area contributed by atoms with Crippen LogP contribution in [0.25, 0.3) is 0 Å². The minimum Gasteiger partial charge on any atom is -0.326 e. The first-order valence-electron chi connectivity index (χ1n) is 8.41. The van der Waals surface area contributed by atoms with Crippen molar-refractivity contribution in [2.24, 2.45) is 11.7 Å². The smallest absolute Gasteiger partial charge is 0.0496 e. The molecule has 0 radical (unpaired) electrons. The van der Waals surface area contributed by atoms with E-state index in [4.69, 9.17) is 5.73 Å². The Balaban J connectivity index is 1.76. The van der Waals surface area contributed by atoms with Crippen LogP contribution in [0.1, 0.15) is 37.8 Å². The molecular weight excluding hydrogens is 258 g/mol. The van der Waals surface area contributed by atoms with E-state index in [0.717, 1.165) is 12.0 Å². The third-order valence-electron chi connectivity index (χ3n) is 5.41. The van der Waals surface area contributed by atoms with E-state index in [1.54, 1.807) is 0 Å². The van der Waals surface area contributed by atoms with Crippen LogP contribution in [0.15, 0.2) is 30.3 Å². The van der Waals surface area contributed by atoms with Crippen LogP contribution < -0.4 is 5.73 Å². The average molecular weight is 287 g/mol. The number of hydrogen-bond donors (Lipinski definition) is 1.